The summed E-state index contributed by atoms with van der Waals surface area (Å²) < 4.78 is 16.1. The largest absolute Gasteiger partial charge is 0.355 e. The third-order valence-corrected chi connectivity index (χ3v) is 7.65. The molecule has 35 heavy (non-hydrogen) atoms. The molecule has 6 heteroatoms. The molecule has 0 bridgehead atoms. The summed E-state index contributed by atoms with van der Waals surface area (Å²) >= 11 is 0. The van der Waals surface area contributed by atoms with Gasteiger partial charge in [0, 0.05) is 43.3 Å². The second-order valence-electron chi connectivity index (χ2n) is 10.2. The number of nitrogens with zero attached hydrogens (tertiary/aromatic N) is 3. The van der Waals surface area contributed by atoms with Gasteiger partial charge in [0.2, 0.25) is 5.91 Å². The van der Waals surface area contributed by atoms with Crippen LogP contribution in [-0.4, -0.2) is 59.5 Å². The van der Waals surface area contributed by atoms with Gasteiger partial charge in [-0.05, 0) is 87.1 Å². The summed E-state index contributed by atoms with van der Waals surface area (Å²) in [6.07, 6.45) is 5.72. The van der Waals surface area contributed by atoms with Crippen LogP contribution in [0.2, 0.25) is 0 Å². The van der Waals surface area contributed by atoms with Gasteiger partial charge in [0.25, 0.3) is 0 Å². The number of rotatable bonds is 8. The van der Waals surface area contributed by atoms with Crippen molar-refractivity contribution in [3.63, 3.8) is 0 Å². The second kappa shape index (κ2) is 11.4. The lowest BCUT2D eigenvalue weighted by Crippen LogP contribution is -2.43. The molecule has 1 N–H and O–H groups in total. The van der Waals surface area contributed by atoms with E-state index in [0.717, 1.165) is 51.1 Å². The van der Waals surface area contributed by atoms with Crippen molar-refractivity contribution in [1.82, 2.24) is 19.7 Å². The van der Waals surface area contributed by atoms with Gasteiger partial charge >= 0.3 is 0 Å². The van der Waals surface area contributed by atoms with Crippen molar-refractivity contribution in [1.29, 1.82) is 0 Å². The molecule has 2 aromatic carbocycles. The molecule has 3 heterocycles. The Morgan fingerprint density at radius 2 is 1.69 bits per heavy atom. The van der Waals surface area contributed by atoms with Gasteiger partial charge in [-0.15, -0.1) is 0 Å². The lowest BCUT2D eigenvalue weighted by molar-refractivity contribution is -0.126. The minimum atomic E-state index is -0.197. The average Bonchev–Trinajstić information content (AvgIpc) is 3.22. The summed E-state index contributed by atoms with van der Waals surface area (Å²) in [6.45, 7) is 7.41. The molecule has 0 atom stereocenters. The van der Waals surface area contributed by atoms with Crippen LogP contribution in [0.5, 0.6) is 0 Å². The van der Waals surface area contributed by atoms with Crippen molar-refractivity contribution in [2.45, 2.75) is 45.2 Å². The van der Waals surface area contributed by atoms with Crippen LogP contribution in [0.4, 0.5) is 4.39 Å². The zero-order chi connectivity index (χ0) is 24.0. The fourth-order valence-electron chi connectivity index (χ4n) is 5.65. The van der Waals surface area contributed by atoms with Crippen LogP contribution < -0.4 is 5.32 Å². The molecule has 1 aromatic heterocycles. The van der Waals surface area contributed by atoms with E-state index in [1.54, 1.807) is 12.1 Å². The average molecular weight is 477 g/mol. The molecule has 2 aliphatic heterocycles. The van der Waals surface area contributed by atoms with Crippen molar-refractivity contribution in [2.75, 3.05) is 39.3 Å². The molecule has 1 amide bonds. The summed E-state index contributed by atoms with van der Waals surface area (Å²) in [6, 6.07) is 17.5. The first kappa shape index (κ1) is 24.0. The number of piperidine rings is 2. The molecule has 5 rings (SSSR count). The monoisotopic (exact) mass is 476 g/mol. The van der Waals surface area contributed by atoms with Crippen molar-refractivity contribution < 1.29 is 9.18 Å². The Kier molecular flexibility index (Phi) is 7.79. The molecule has 5 nitrogen and oxygen atoms in total. The minimum Gasteiger partial charge on any atom is -0.355 e. The SMILES string of the molecule is O=C(NCCN1CCCCC1)C1CCN(Cc2cc3ccccc3n2Cc2cccc(F)c2)CC1. The van der Waals surface area contributed by atoms with Crippen LogP contribution >= 0.6 is 0 Å². The van der Waals surface area contributed by atoms with Crippen molar-refractivity contribution in [2.24, 2.45) is 5.92 Å². The topological polar surface area (TPSA) is 40.5 Å². The highest BCUT2D eigenvalue weighted by Crippen LogP contribution is 2.25. The Labute approximate surface area is 207 Å². The van der Waals surface area contributed by atoms with E-state index in [0.29, 0.717) is 6.54 Å². The lowest BCUT2D eigenvalue weighted by atomic mass is 9.96. The fraction of sp³-hybridized carbons (Fsp3) is 0.483. The first-order valence-electron chi connectivity index (χ1n) is 13.2. The predicted molar refractivity (Wildman–Crippen MR) is 139 cm³/mol. The van der Waals surface area contributed by atoms with Gasteiger partial charge in [-0.2, -0.15) is 0 Å². The summed E-state index contributed by atoms with van der Waals surface area (Å²) in [5.41, 5.74) is 3.38. The third-order valence-electron chi connectivity index (χ3n) is 7.65. The molecule has 2 saturated heterocycles. The number of hydrogen-bond donors (Lipinski definition) is 1. The number of benzene rings is 2. The molecule has 0 spiro atoms. The van der Waals surface area contributed by atoms with Crippen LogP contribution in [-0.2, 0) is 17.9 Å². The summed E-state index contributed by atoms with van der Waals surface area (Å²) in [4.78, 5) is 17.6. The maximum Gasteiger partial charge on any atom is 0.223 e. The molecule has 0 radical (unpaired) electrons. The molecule has 2 fully saturated rings. The Balaban J connectivity index is 1.17. The van der Waals surface area contributed by atoms with E-state index in [1.807, 2.05) is 6.07 Å². The predicted octanol–water partition coefficient (Wildman–Crippen LogP) is 4.64. The highest BCUT2D eigenvalue weighted by molar-refractivity contribution is 5.81. The molecule has 3 aromatic rings. The first-order valence-corrected chi connectivity index (χ1v) is 13.2. The van der Waals surface area contributed by atoms with Crippen LogP contribution in [0.15, 0.2) is 54.6 Å². The normalized spacial score (nSPS) is 18.2. The molecule has 0 saturated carbocycles. The van der Waals surface area contributed by atoms with Gasteiger partial charge < -0.3 is 14.8 Å². The smallest absolute Gasteiger partial charge is 0.223 e. The molecule has 186 valence electrons. The quantitative estimate of drug-likeness (QED) is 0.515. The van der Waals surface area contributed by atoms with Crippen LogP contribution in [0.1, 0.15) is 43.4 Å². The Bertz CT molecular complexity index is 1130. The number of hydrogen-bond acceptors (Lipinski definition) is 3. The molecule has 0 unspecified atom stereocenters. The number of likely N-dealkylation sites (tertiary alicyclic amines) is 2. The van der Waals surface area contributed by atoms with E-state index in [4.69, 9.17) is 0 Å². The number of amides is 1. The Morgan fingerprint density at radius 3 is 2.49 bits per heavy atom. The van der Waals surface area contributed by atoms with Crippen molar-refractivity contribution >= 4 is 16.8 Å². The van der Waals surface area contributed by atoms with Gasteiger partial charge in [0.05, 0.1) is 0 Å². The van der Waals surface area contributed by atoms with E-state index in [-0.39, 0.29) is 17.6 Å². The highest BCUT2D eigenvalue weighted by Gasteiger charge is 2.25. The summed E-state index contributed by atoms with van der Waals surface area (Å²) in [5.74, 6) is 0.143. The standard InChI is InChI=1S/C29H37FN4O/c30-26-9-6-7-23(19-26)21-34-27(20-25-8-2-3-10-28(25)34)22-33-16-11-24(12-17-33)29(35)31-13-18-32-14-4-1-5-15-32/h2-3,6-10,19-20,24H,1,4-5,11-18,21-22H2,(H,31,35). The van der Waals surface area contributed by atoms with Crippen LogP contribution in [0.25, 0.3) is 10.9 Å². The molecular formula is C29H37FN4O. The number of nitrogens with one attached hydrogen (secondary N) is 1. The van der Waals surface area contributed by atoms with Gasteiger partial charge in [0.1, 0.15) is 5.82 Å². The zero-order valence-corrected chi connectivity index (χ0v) is 20.6. The van der Waals surface area contributed by atoms with E-state index < -0.39 is 0 Å². The van der Waals surface area contributed by atoms with Crippen molar-refractivity contribution in [3.05, 3.63) is 71.7 Å². The molecular weight excluding hydrogens is 439 g/mol. The van der Waals surface area contributed by atoms with E-state index in [2.05, 4.69) is 50.0 Å². The number of halogens is 1. The van der Waals surface area contributed by atoms with Gasteiger partial charge in [-0.3, -0.25) is 9.69 Å². The molecule has 0 aliphatic carbocycles. The van der Waals surface area contributed by atoms with E-state index in [1.165, 1.54) is 55.0 Å². The summed E-state index contributed by atoms with van der Waals surface area (Å²) in [7, 11) is 0. The maximum absolute atomic E-state index is 13.8. The number of fused-ring (bicyclic) bond motifs is 1. The Morgan fingerprint density at radius 1 is 0.886 bits per heavy atom. The number of carbonyl (C=O) groups is 1. The molecule has 2 aliphatic rings. The highest BCUT2D eigenvalue weighted by atomic mass is 19.1. The third kappa shape index (κ3) is 6.11. The fourth-order valence-corrected chi connectivity index (χ4v) is 5.65. The number of aromatic nitrogens is 1. The maximum atomic E-state index is 13.8. The van der Waals surface area contributed by atoms with Gasteiger partial charge in [0.15, 0.2) is 0 Å². The van der Waals surface area contributed by atoms with Crippen molar-refractivity contribution in [3.8, 4) is 0 Å². The second-order valence-corrected chi connectivity index (χ2v) is 10.2. The van der Waals surface area contributed by atoms with Crippen LogP contribution in [0, 0.1) is 11.7 Å². The van der Waals surface area contributed by atoms with E-state index >= 15 is 0 Å². The summed E-state index contributed by atoms with van der Waals surface area (Å²) in [5, 5.41) is 4.40. The Hall–Kier alpha value is -2.70. The first-order chi connectivity index (χ1) is 17.2. The zero-order valence-electron chi connectivity index (χ0n) is 20.6. The van der Waals surface area contributed by atoms with Gasteiger partial charge in [-0.1, -0.05) is 36.8 Å². The number of para-hydroxylation sites is 1. The number of carbonyl (C=O) groups excluding carboxylic acids is 1. The van der Waals surface area contributed by atoms with Crippen LogP contribution in [0.3, 0.4) is 0 Å². The van der Waals surface area contributed by atoms with E-state index in [9.17, 15) is 9.18 Å². The van der Waals surface area contributed by atoms with Gasteiger partial charge in [-0.25, -0.2) is 4.39 Å². The lowest BCUT2D eigenvalue weighted by Gasteiger charge is -2.32. The minimum absolute atomic E-state index is 0.116.